The van der Waals surface area contributed by atoms with Crippen LogP contribution in [0.1, 0.15) is 31.4 Å². The molecule has 1 atom stereocenters. The van der Waals surface area contributed by atoms with E-state index >= 15 is 0 Å². The summed E-state index contributed by atoms with van der Waals surface area (Å²) in [5, 5.41) is 4.09. The molecule has 4 heteroatoms. The lowest BCUT2D eigenvalue weighted by Gasteiger charge is -2.15. The average molecular weight is 256 g/mol. The number of hydrogen-bond donors (Lipinski definition) is 1. The predicted octanol–water partition coefficient (Wildman–Crippen LogP) is 2.94. The summed E-state index contributed by atoms with van der Waals surface area (Å²) in [6, 6.07) is 7.94. The van der Waals surface area contributed by atoms with Crippen molar-refractivity contribution in [1.82, 2.24) is 5.32 Å². The lowest BCUT2D eigenvalue weighted by Crippen LogP contribution is -2.20. The molecule has 0 bridgehead atoms. The summed E-state index contributed by atoms with van der Waals surface area (Å²) in [4.78, 5) is 10.9. The van der Waals surface area contributed by atoms with Crippen molar-refractivity contribution in [3.05, 3.63) is 34.9 Å². The van der Waals surface area contributed by atoms with Crippen LogP contribution in [0.5, 0.6) is 0 Å². The molecule has 0 amide bonds. The van der Waals surface area contributed by atoms with Crippen molar-refractivity contribution < 1.29 is 9.53 Å². The van der Waals surface area contributed by atoms with Crippen LogP contribution < -0.4 is 5.32 Å². The Morgan fingerprint density at radius 1 is 1.47 bits per heavy atom. The number of methoxy groups -OCH3 is 1. The van der Waals surface area contributed by atoms with Crippen LogP contribution in [0.25, 0.3) is 0 Å². The molecule has 0 aliphatic heterocycles. The Morgan fingerprint density at radius 3 is 2.82 bits per heavy atom. The molecule has 0 saturated heterocycles. The van der Waals surface area contributed by atoms with Gasteiger partial charge in [0.25, 0.3) is 0 Å². The summed E-state index contributed by atoms with van der Waals surface area (Å²) >= 11 is 6.09. The molecule has 0 spiro atoms. The molecule has 0 saturated carbocycles. The normalized spacial score (nSPS) is 12.2. The first kappa shape index (κ1) is 14.0. The number of rotatable bonds is 6. The minimum Gasteiger partial charge on any atom is -0.469 e. The molecule has 1 rings (SSSR count). The standard InChI is InChI=1S/C13H18ClNO2/c1-10(11-6-3-4-7-12(11)14)15-9-5-8-13(16)17-2/h3-4,6-7,10,15H,5,8-9H2,1-2H3/t10-/m1/s1. The number of carbonyl (C=O) groups is 1. The number of esters is 1. The monoisotopic (exact) mass is 255 g/mol. The minimum absolute atomic E-state index is 0.169. The van der Waals surface area contributed by atoms with E-state index in [4.69, 9.17) is 11.6 Å². The first-order chi connectivity index (χ1) is 8.15. The summed E-state index contributed by atoms with van der Waals surface area (Å²) in [5.74, 6) is -0.169. The highest BCUT2D eigenvalue weighted by Gasteiger charge is 2.08. The second-order valence-electron chi connectivity index (χ2n) is 3.88. The highest BCUT2D eigenvalue weighted by Crippen LogP contribution is 2.21. The zero-order chi connectivity index (χ0) is 12.7. The molecular weight excluding hydrogens is 238 g/mol. The van der Waals surface area contributed by atoms with Gasteiger partial charge in [0, 0.05) is 17.5 Å². The maximum Gasteiger partial charge on any atom is 0.305 e. The Kier molecular flexibility index (Phi) is 6.01. The third-order valence-corrected chi connectivity index (χ3v) is 2.95. The van der Waals surface area contributed by atoms with Gasteiger partial charge in [0.05, 0.1) is 7.11 Å². The van der Waals surface area contributed by atoms with Gasteiger partial charge in [-0.2, -0.15) is 0 Å². The Bertz CT molecular complexity index is 368. The van der Waals surface area contributed by atoms with Crippen LogP contribution in [0.3, 0.4) is 0 Å². The first-order valence-electron chi connectivity index (χ1n) is 5.69. The van der Waals surface area contributed by atoms with Gasteiger partial charge in [-0.05, 0) is 31.5 Å². The van der Waals surface area contributed by atoms with E-state index in [1.54, 1.807) is 0 Å². The maximum absolute atomic E-state index is 10.9. The van der Waals surface area contributed by atoms with E-state index in [0.717, 1.165) is 23.6 Å². The Morgan fingerprint density at radius 2 is 2.18 bits per heavy atom. The van der Waals surface area contributed by atoms with Gasteiger partial charge in [0.2, 0.25) is 0 Å². The molecule has 0 unspecified atom stereocenters. The summed E-state index contributed by atoms with van der Waals surface area (Å²) in [6.45, 7) is 2.82. The molecule has 0 fully saturated rings. The van der Waals surface area contributed by atoms with Crippen LogP contribution >= 0.6 is 11.6 Å². The zero-order valence-corrected chi connectivity index (χ0v) is 11.0. The molecule has 3 nitrogen and oxygen atoms in total. The van der Waals surface area contributed by atoms with Gasteiger partial charge in [-0.1, -0.05) is 29.8 Å². The molecule has 0 aliphatic rings. The topological polar surface area (TPSA) is 38.3 Å². The van der Waals surface area contributed by atoms with Crippen LogP contribution in [0.2, 0.25) is 5.02 Å². The SMILES string of the molecule is COC(=O)CCCN[C@H](C)c1ccccc1Cl. The molecule has 0 aromatic heterocycles. The third-order valence-electron chi connectivity index (χ3n) is 2.61. The number of hydrogen-bond acceptors (Lipinski definition) is 3. The number of ether oxygens (including phenoxy) is 1. The lowest BCUT2D eigenvalue weighted by molar-refractivity contribution is -0.140. The van der Waals surface area contributed by atoms with E-state index in [0.29, 0.717) is 6.42 Å². The Labute approximate surface area is 107 Å². The molecule has 1 aromatic carbocycles. The second-order valence-corrected chi connectivity index (χ2v) is 4.28. The maximum atomic E-state index is 10.9. The van der Waals surface area contributed by atoms with E-state index in [-0.39, 0.29) is 12.0 Å². The summed E-state index contributed by atoms with van der Waals surface area (Å²) in [5.41, 5.74) is 1.08. The molecule has 0 radical (unpaired) electrons. The lowest BCUT2D eigenvalue weighted by atomic mass is 10.1. The van der Waals surface area contributed by atoms with Crippen molar-refractivity contribution in [2.45, 2.75) is 25.8 Å². The minimum atomic E-state index is -0.169. The van der Waals surface area contributed by atoms with Gasteiger partial charge in [0.15, 0.2) is 0 Å². The molecule has 0 heterocycles. The largest absolute Gasteiger partial charge is 0.469 e. The molecule has 17 heavy (non-hydrogen) atoms. The van der Waals surface area contributed by atoms with Gasteiger partial charge in [-0.25, -0.2) is 0 Å². The van der Waals surface area contributed by atoms with Crippen molar-refractivity contribution in [3.63, 3.8) is 0 Å². The van der Waals surface area contributed by atoms with Crippen LogP contribution in [0.15, 0.2) is 24.3 Å². The van der Waals surface area contributed by atoms with Crippen molar-refractivity contribution >= 4 is 17.6 Å². The fourth-order valence-electron chi connectivity index (χ4n) is 1.59. The summed E-state index contributed by atoms with van der Waals surface area (Å²) in [6.07, 6.45) is 1.21. The first-order valence-corrected chi connectivity index (χ1v) is 6.07. The van der Waals surface area contributed by atoms with Gasteiger partial charge in [-0.3, -0.25) is 4.79 Å². The highest BCUT2D eigenvalue weighted by atomic mass is 35.5. The van der Waals surface area contributed by atoms with Crippen molar-refractivity contribution in [2.75, 3.05) is 13.7 Å². The summed E-state index contributed by atoms with van der Waals surface area (Å²) in [7, 11) is 1.40. The summed E-state index contributed by atoms with van der Waals surface area (Å²) < 4.78 is 4.57. The van der Waals surface area contributed by atoms with Crippen LogP contribution in [-0.2, 0) is 9.53 Å². The van der Waals surface area contributed by atoms with E-state index in [2.05, 4.69) is 17.0 Å². The second kappa shape index (κ2) is 7.30. The van der Waals surface area contributed by atoms with Gasteiger partial charge in [0.1, 0.15) is 0 Å². The molecule has 94 valence electrons. The smallest absolute Gasteiger partial charge is 0.305 e. The number of nitrogens with one attached hydrogen (secondary N) is 1. The quantitative estimate of drug-likeness (QED) is 0.627. The highest BCUT2D eigenvalue weighted by molar-refractivity contribution is 6.31. The number of benzene rings is 1. The van der Waals surface area contributed by atoms with Crippen molar-refractivity contribution in [1.29, 1.82) is 0 Å². The van der Waals surface area contributed by atoms with Gasteiger partial charge < -0.3 is 10.1 Å². The zero-order valence-electron chi connectivity index (χ0n) is 10.2. The van der Waals surface area contributed by atoms with E-state index < -0.39 is 0 Å². The number of halogens is 1. The van der Waals surface area contributed by atoms with E-state index in [1.165, 1.54) is 7.11 Å². The molecular formula is C13H18ClNO2. The van der Waals surface area contributed by atoms with E-state index in [9.17, 15) is 4.79 Å². The predicted molar refractivity (Wildman–Crippen MR) is 69.1 cm³/mol. The van der Waals surface area contributed by atoms with Crippen molar-refractivity contribution in [2.24, 2.45) is 0 Å². The third kappa shape index (κ3) is 4.75. The molecule has 0 aliphatic carbocycles. The average Bonchev–Trinajstić information content (AvgIpc) is 2.34. The van der Waals surface area contributed by atoms with Crippen molar-refractivity contribution in [3.8, 4) is 0 Å². The fraction of sp³-hybridized carbons (Fsp3) is 0.462. The molecule has 1 aromatic rings. The van der Waals surface area contributed by atoms with E-state index in [1.807, 2.05) is 24.3 Å². The Hall–Kier alpha value is -1.06. The van der Waals surface area contributed by atoms with Gasteiger partial charge in [-0.15, -0.1) is 0 Å². The fourth-order valence-corrected chi connectivity index (χ4v) is 1.89. The van der Waals surface area contributed by atoms with Crippen LogP contribution in [-0.4, -0.2) is 19.6 Å². The van der Waals surface area contributed by atoms with Crippen LogP contribution in [0, 0.1) is 0 Å². The molecule has 1 N–H and O–H groups in total. The Balaban J connectivity index is 2.33. The number of carbonyl (C=O) groups excluding carboxylic acids is 1. The van der Waals surface area contributed by atoms with Gasteiger partial charge >= 0.3 is 5.97 Å². The van der Waals surface area contributed by atoms with Crippen LogP contribution in [0.4, 0.5) is 0 Å².